The van der Waals surface area contributed by atoms with Crippen LogP contribution in [0.3, 0.4) is 0 Å². The quantitative estimate of drug-likeness (QED) is 0.938. The van der Waals surface area contributed by atoms with Crippen LogP contribution in [0.1, 0.15) is 23.2 Å². The third-order valence-corrected chi connectivity index (χ3v) is 5.25. The zero-order valence-electron chi connectivity index (χ0n) is 10.1. The molecule has 0 bridgehead atoms. The van der Waals surface area contributed by atoms with Crippen LogP contribution in [0.4, 0.5) is 0 Å². The van der Waals surface area contributed by atoms with E-state index in [0.717, 1.165) is 20.9 Å². The number of aryl methyl sites for hydroxylation is 2. The number of nitrogens with two attached hydrogens (primary N) is 1. The molecule has 0 amide bonds. The molecule has 0 saturated carbocycles. The van der Waals surface area contributed by atoms with Gasteiger partial charge in [0, 0.05) is 12.0 Å². The number of aromatic nitrogens is 1. The number of fused-ring (bicyclic) bond motifs is 1. The molecule has 0 aliphatic heterocycles. The summed E-state index contributed by atoms with van der Waals surface area (Å²) < 4.78 is 1.11. The van der Waals surface area contributed by atoms with Crippen molar-refractivity contribution in [3.63, 3.8) is 0 Å². The first-order valence-electron chi connectivity index (χ1n) is 6.25. The Hall–Kier alpha value is -0.710. The Morgan fingerprint density at radius 2 is 2.11 bits per heavy atom. The maximum atomic E-state index is 5.59. The number of benzene rings is 1. The molecule has 0 atom stereocenters. The Morgan fingerprint density at radius 3 is 2.94 bits per heavy atom. The van der Waals surface area contributed by atoms with Gasteiger partial charge in [-0.25, -0.2) is 4.98 Å². The molecule has 94 valence electrons. The molecule has 1 aromatic heterocycles. The fraction of sp³-hybridized carbons (Fsp3) is 0.357. The van der Waals surface area contributed by atoms with Crippen LogP contribution < -0.4 is 5.73 Å². The summed E-state index contributed by atoms with van der Waals surface area (Å²) in [6.07, 6.45) is 4.57. The molecule has 0 fully saturated rings. The van der Waals surface area contributed by atoms with Crippen molar-refractivity contribution in [2.75, 3.05) is 6.54 Å². The van der Waals surface area contributed by atoms with Gasteiger partial charge in [-0.2, -0.15) is 0 Å². The van der Waals surface area contributed by atoms with Crippen LogP contribution in [-0.2, 0) is 19.3 Å². The Labute approximate surface area is 119 Å². The van der Waals surface area contributed by atoms with Crippen LogP contribution in [-0.4, -0.2) is 11.5 Å². The van der Waals surface area contributed by atoms with E-state index >= 15 is 0 Å². The fourth-order valence-corrected chi connectivity index (χ4v) is 4.04. The molecule has 2 nitrogen and oxygen atoms in total. The second kappa shape index (κ2) is 5.11. The van der Waals surface area contributed by atoms with Gasteiger partial charge in [0.15, 0.2) is 0 Å². The van der Waals surface area contributed by atoms with Gasteiger partial charge in [0.25, 0.3) is 0 Å². The highest BCUT2D eigenvalue weighted by Gasteiger charge is 2.14. The molecule has 18 heavy (non-hydrogen) atoms. The second-order valence-corrected chi connectivity index (χ2v) is 6.93. The number of rotatable bonds is 3. The molecule has 1 heterocycles. The van der Waals surface area contributed by atoms with Gasteiger partial charge >= 0.3 is 0 Å². The van der Waals surface area contributed by atoms with Gasteiger partial charge in [-0.3, -0.25) is 0 Å². The highest BCUT2D eigenvalue weighted by molar-refractivity contribution is 9.11. The van der Waals surface area contributed by atoms with Crippen molar-refractivity contribution in [3.8, 4) is 10.6 Å². The van der Waals surface area contributed by atoms with Crippen molar-refractivity contribution in [2.24, 2.45) is 5.73 Å². The number of thiazole rings is 1. The molecule has 2 aromatic rings. The van der Waals surface area contributed by atoms with Crippen molar-refractivity contribution < 1.29 is 0 Å². The predicted octanol–water partition coefficient (Wildman–Crippen LogP) is 3.56. The lowest BCUT2D eigenvalue weighted by Gasteiger charge is -2.01. The van der Waals surface area contributed by atoms with E-state index in [4.69, 9.17) is 5.73 Å². The summed E-state index contributed by atoms with van der Waals surface area (Å²) in [4.78, 5) is 4.69. The molecule has 0 spiro atoms. The van der Waals surface area contributed by atoms with Crippen LogP contribution in [0, 0.1) is 0 Å². The fourth-order valence-electron chi connectivity index (χ4n) is 2.45. The van der Waals surface area contributed by atoms with Crippen molar-refractivity contribution in [2.45, 2.75) is 25.7 Å². The van der Waals surface area contributed by atoms with Gasteiger partial charge in [0.05, 0.1) is 9.48 Å². The molecule has 3 rings (SSSR count). The lowest BCUT2D eigenvalue weighted by atomic mass is 10.1. The minimum absolute atomic E-state index is 0.645. The normalized spacial score (nSPS) is 13.9. The minimum atomic E-state index is 0.645. The summed E-state index contributed by atoms with van der Waals surface area (Å²) in [5.74, 6) is 0. The summed E-state index contributed by atoms with van der Waals surface area (Å²) in [6.45, 7) is 0.645. The molecular formula is C14H15BrN2S. The van der Waals surface area contributed by atoms with E-state index in [1.54, 1.807) is 11.3 Å². The van der Waals surface area contributed by atoms with Gasteiger partial charge in [0.1, 0.15) is 5.01 Å². The largest absolute Gasteiger partial charge is 0.330 e. The first-order valence-corrected chi connectivity index (χ1v) is 7.86. The molecule has 0 saturated heterocycles. The summed E-state index contributed by atoms with van der Waals surface area (Å²) >= 11 is 5.28. The van der Waals surface area contributed by atoms with E-state index < -0.39 is 0 Å². The number of hydrogen-bond acceptors (Lipinski definition) is 3. The van der Waals surface area contributed by atoms with Gasteiger partial charge in [-0.1, -0.05) is 12.1 Å². The monoisotopic (exact) mass is 322 g/mol. The standard InChI is InChI=1S/C14H15BrN2S/c15-13-12(6-7-16)17-14(18-13)11-5-4-9-2-1-3-10(9)8-11/h4-5,8H,1-3,6-7,16H2. The minimum Gasteiger partial charge on any atom is -0.330 e. The smallest absolute Gasteiger partial charge is 0.124 e. The topological polar surface area (TPSA) is 38.9 Å². The molecule has 1 aliphatic rings. The number of halogens is 1. The van der Waals surface area contributed by atoms with E-state index in [1.165, 1.54) is 36.0 Å². The van der Waals surface area contributed by atoms with Gasteiger partial charge < -0.3 is 5.73 Å². The lowest BCUT2D eigenvalue weighted by Crippen LogP contribution is -2.03. The van der Waals surface area contributed by atoms with Crippen molar-refractivity contribution in [3.05, 3.63) is 38.8 Å². The van der Waals surface area contributed by atoms with E-state index in [-0.39, 0.29) is 0 Å². The Kier molecular flexibility index (Phi) is 3.50. The van der Waals surface area contributed by atoms with E-state index in [2.05, 4.69) is 39.1 Å². The molecular weight excluding hydrogens is 308 g/mol. The third-order valence-electron chi connectivity index (χ3n) is 3.38. The summed E-state index contributed by atoms with van der Waals surface area (Å²) in [5, 5.41) is 1.10. The highest BCUT2D eigenvalue weighted by atomic mass is 79.9. The predicted molar refractivity (Wildman–Crippen MR) is 80.0 cm³/mol. The Balaban J connectivity index is 1.97. The van der Waals surface area contributed by atoms with E-state index in [9.17, 15) is 0 Å². The van der Waals surface area contributed by atoms with Gasteiger partial charge in [-0.15, -0.1) is 11.3 Å². The second-order valence-electron chi connectivity index (χ2n) is 4.62. The zero-order valence-corrected chi connectivity index (χ0v) is 12.5. The van der Waals surface area contributed by atoms with Crippen LogP contribution in [0.25, 0.3) is 10.6 Å². The van der Waals surface area contributed by atoms with Crippen LogP contribution in [0.2, 0.25) is 0 Å². The van der Waals surface area contributed by atoms with E-state index in [1.807, 2.05) is 0 Å². The third kappa shape index (κ3) is 2.25. The molecule has 4 heteroatoms. The Bertz CT molecular complexity index is 577. The Morgan fingerprint density at radius 1 is 1.28 bits per heavy atom. The lowest BCUT2D eigenvalue weighted by molar-refractivity contribution is 0.912. The van der Waals surface area contributed by atoms with Crippen LogP contribution in [0.5, 0.6) is 0 Å². The van der Waals surface area contributed by atoms with Gasteiger partial charge in [-0.05, 0) is 58.9 Å². The summed E-state index contributed by atoms with van der Waals surface area (Å²) in [5.41, 5.74) is 10.9. The summed E-state index contributed by atoms with van der Waals surface area (Å²) in [7, 11) is 0. The maximum absolute atomic E-state index is 5.59. The van der Waals surface area contributed by atoms with Crippen molar-refractivity contribution >= 4 is 27.3 Å². The molecule has 1 aromatic carbocycles. The molecule has 1 aliphatic carbocycles. The van der Waals surface area contributed by atoms with Gasteiger partial charge in [0.2, 0.25) is 0 Å². The average Bonchev–Trinajstić information content (AvgIpc) is 2.96. The van der Waals surface area contributed by atoms with Crippen molar-refractivity contribution in [1.82, 2.24) is 4.98 Å². The van der Waals surface area contributed by atoms with Crippen molar-refractivity contribution in [1.29, 1.82) is 0 Å². The maximum Gasteiger partial charge on any atom is 0.124 e. The van der Waals surface area contributed by atoms with Crippen LogP contribution in [0.15, 0.2) is 22.0 Å². The number of hydrogen-bond donors (Lipinski definition) is 1. The van der Waals surface area contributed by atoms with Crippen LogP contribution >= 0.6 is 27.3 Å². The molecule has 2 N–H and O–H groups in total. The molecule has 0 radical (unpaired) electrons. The number of nitrogens with zero attached hydrogens (tertiary/aromatic N) is 1. The highest BCUT2D eigenvalue weighted by Crippen LogP contribution is 2.34. The average molecular weight is 323 g/mol. The summed E-state index contributed by atoms with van der Waals surface area (Å²) in [6, 6.07) is 6.76. The zero-order chi connectivity index (χ0) is 12.5. The first kappa shape index (κ1) is 12.3. The first-order chi connectivity index (χ1) is 8.78. The van der Waals surface area contributed by atoms with E-state index in [0.29, 0.717) is 6.54 Å². The SMILES string of the molecule is NCCc1nc(-c2ccc3c(c2)CCC3)sc1Br. The molecule has 0 unspecified atom stereocenters.